The number of allylic oxidation sites excluding steroid dienone is 5. The van der Waals surface area contributed by atoms with E-state index in [1.807, 2.05) is 60.7 Å². The predicted molar refractivity (Wildman–Crippen MR) is 219 cm³/mol. The average Bonchev–Trinajstić information content (AvgIpc) is 3.79. The zero-order chi connectivity index (χ0) is 35.5. The van der Waals surface area contributed by atoms with Crippen molar-refractivity contribution in [2.45, 2.75) is 13.0 Å². The Labute approximate surface area is 310 Å². The molecular weight excluding hydrogens is 669 g/mol. The lowest BCUT2D eigenvalue weighted by Crippen LogP contribution is -2.22. The van der Waals surface area contributed by atoms with Crippen LogP contribution in [0.2, 0.25) is 0 Å². The maximum absolute atomic E-state index is 6.54. The molecule has 0 amide bonds. The molecule has 2 aliphatic rings. The number of fused-ring (bicyclic) bond motifs is 8. The van der Waals surface area contributed by atoms with Crippen LogP contribution in [0.15, 0.2) is 170 Å². The zero-order valence-corrected chi connectivity index (χ0v) is 29.7. The van der Waals surface area contributed by atoms with E-state index in [0.29, 0.717) is 17.5 Å². The van der Waals surface area contributed by atoms with Crippen molar-refractivity contribution in [3.63, 3.8) is 0 Å². The molecule has 8 aromatic rings. The van der Waals surface area contributed by atoms with Gasteiger partial charge in [-0.2, -0.15) is 0 Å². The molecule has 5 nitrogen and oxygen atoms in total. The smallest absolute Gasteiger partial charge is 0.164 e. The van der Waals surface area contributed by atoms with Crippen LogP contribution in [0, 0.1) is 5.92 Å². The third-order valence-electron chi connectivity index (χ3n) is 10.2. The Morgan fingerprint density at radius 3 is 2.19 bits per heavy atom. The first-order valence-corrected chi connectivity index (χ1v) is 18.6. The van der Waals surface area contributed by atoms with Crippen LogP contribution in [0.1, 0.15) is 12.7 Å². The van der Waals surface area contributed by atoms with Gasteiger partial charge in [0, 0.05) is 70.1 Å². The second kappa shape index (κ2) is 12.6. The number of benzene rings is 5. The van der Waals surface area contributed by atoms with Gasteiger partial charge in [0.05, 0.1) is 11.2 Å². The molecule has 6 heteroatoms. The highest BCUT2D eigenvalue weighted by Gasteiger charge is 2.38. The van der Waals surface area contributed by atoms with E-state index in [4.69, 9.17) is 24.7 Å². The van der Waals surface area contributed by atoms with Gasteiger partial charge in [-0.15, -0.1) is 11.3 Å². The van der Waals surface area contributed by atoms with Gasteiger partial charge in [0.1, 0.15) is 11.9 Å². The lowest BCUT2D eigenvalue weighted by molar-refractivity contribution is 0.181. The molecule has 4 heterocycles. The summed E-state index contributed by atoms with van der Waals surface area (Å²) >= 11 is 1.83. The minimum atomic E-state index is -0.278. The molecule has 0 saturated carbocycles. The summed E-state index contributed by atoms with van der Waals surface area (Å²) in [5.74, 6) is 2.60. The van der Waals surface area contributed by atoms with Crippen LogP contribution in [-0.4, -0.2) is 26.0 Å². The molecule has 252 valence electrons. The van der Waals surface area contributed by atoms with Crippen molar-refractivity contribution in [2.24, 2.45) is 5.92 Å². The molecule has 10 rings (SSSR count). The molecule has 0 N–H and O–H groups in total. The highest BCUT2D eigenvalue weighted by Crippen LogP contribution is 2.45. The van der Waals surface area contributed by atoms with Crippen molar-refractivity contribution in [3.8, 4) is 34.0 Å². The van der Waals surface area contributed by atoms with Gasteiger partial charge in [-0.25, -0.2) is 19.9 Å². The van der Waals surface area contributed by atoms with Gasteiger partial charge < -0.3 is 4.74 Å². The van der Waals surface area contributed by atoms with Gasteiger partial charge in [0.2, 0.25) is 0 Å². The lowest BCUT2D eigenvalue weighted by atomic mass is 9.86. The van der Waals surface area contributed by atoms with E-state index in [0.717, 1.165) is 55.6 Å². The fourth-order valence-electron chi connectivity index (χ4n) is 7.80. The first-order chi connectivity index (χ1) is 26.2. The fourth-order valence-corrected chi connectivity index (χ4v) is 8.91. The number of thiophene rings is 1. The van der Waals surface area contributed by atoms with E-state index in [-0.39, 0.29) is 12.0 Å². The summed E-state index contributed by atoms with van der Waals surface area (Å²) in [5.41, 5.74) is 6.79. The Bertz CT molecular complexity index is 2900. The standard InChI is InChI=1S/C47H32N4OS/c1-3-14-31-32-20-13-21-35(44(32)52-38(31)4-2)47-50-45(29-17-9-6-10-18-29)49-46(51-47)30-23-25-37-36(27-30)41-34(43(48-37)28-15-7-5-8-16-28)24-26-40-42(41)33-19-11-12-22-39(33)53-40/h3-27,32,44H,2H2,1H3/b14-3-. The second-order valence-corrected chi connectivity index (χ2v) is 14.4. The predicted octanol–water partition coefficient (Wildman–Crippen LogP) is 11.9. The molecule has 1 aliphatic heterocycles. The van der Waals surface area contributed by atoms with Gasteiger partial charge in [0.15, 0.2) is 17.5 Å². The zero-order valence-electron chi connectivity index (χ0n) is 28.9. The summed E-state index contributed by atoms with van der Waals surface area (Å²) in [4.78, 5) is 20.7. The van der Waals surface area contributed by atoms with Crippen molar-refractivity contribution in [1.29, 1.82) is 0 Å². The number of hydrogen-bond acceptors (Lipinski definition) is 6. The Hall–Kier alpha value is -6.50. The van der Waals surface area contributed by atoms with E-state index in [9.17, 15) is 0 Å². The van der Waals surface area contributed by atoms with Gasteiger partial charge >= 0.3 is 0 Å². The number of aromatic nitrogens is 4. The average molecular weight is 701 g/mol. The maximum atomic E-state index is 6.54. The number of ether oxygens (including phenoxy) is 1. The second-order valence-electron chi connectivity index (χ2n) is 13.3. The molecular formula is C47H32N4OS. The first-order valence-electron chi connectivity index (χ1n) is 17.8. The number of hydrogen-bond donors (Lipinski definition) is 0. The Kier molecular flexibility index (Phi) is 7.44. The fraction of sp³-hybridized carbons (Fsp3) is 0.0638. The molecule has 0 saturated heterocycles. The van der Waals surface area contributed by atoms with Crippen molar-refractivity contribution in [1.82, 2.24) is 19.9 Å². The summed E-state index contributed by atoms with van der Waals surface area (Å²) in [5, 5.41) is 5.85. The largest absolute Gasteiger partial charge is 0.484 e. The van der Waals surface area contributed by atoms with Gasteiger partial charge in [-0.3, -0.25) is 0 Å². The van der Waals surface area contributed by atoms with Crippen molar-refractivity contribution in [3.05, 3.63) is 175 Å². The van der Waals surface area contributed by atoms with Crippen LogP contribution in [0.5, 0.6) is 0 Å². The van der Waals surface area contributed by atoms with Gasteiger partial charge in [-0.1, -0.05) is 122 Å². The van der Waals surface area contributed by atoms with E-state index >= 15 is 0 Å². The summed E-state index contributed by atoms with van der Waals surface area (Å²) in [6, 6.07) is 40.1. The van der Waals surface area contributed by atoms with E-state index in [1.54, 1.807) is 6.08 Å². The molecule has 0 radical (unpaired) electrons. The number of rotatable bonds is 6. The van der Waals surface area contributed by atoms with E-state index in [2.05, 4.69) is 110 Å². The minimum absolute atomic E-state index is 0.0272. The summed E-state index contributed by atoms with van der Waals surface area (Å²) in [6.07, 6.45) is 12.0. The molecule has 0 bridgehead atoms. The Balaban J connectivity index is 1.21. The van der Waals surface area contributed by atoms with Crippen molar-refractivity contribution < 1.29 is 4.74 Å². The Morgan fingerprint density at radius 2 is 1.40 bits per heavy atom. The summed E-state index contributed by atoms with van der Waals surface area (Å²) < 4.78 is 9.06. The minimum Gasteiger partial charge on any atom is -0.484 e. The molecule has 5 aromatic carbocycles. The molecule has 2 unspecified atom stereocenters. The van der Waals surface area contributed by atoms with Crippen LogP contribution in [-0.2, 0) is 4.74 Å². The Morgan fingerprint density at radius 1 is 0.660 bits per heavy atom. The number of nitrogens with zero attached hydrogens (tertiary/aromatic N) is 4. The lowest BCUT2D eigenvalue weighted by Gasteiger charge is -2.23. The first kappa shape index (κ1) is 31.3. The number of pyridine rings is 1. The third-order valence-corrected chi connectivity index (χ3v) is 11.3. The quantitative estimate of drug-likeness (QED) is 0.162. The van der Waals surface area contributed by atoms with Crippen LogP contribution < -0.4 is 0 Å². The van der Waals surface area contributed by atoms with Crippen LogP contribution in [0.4, 0.5) is 0 Å². The van der Waals surface area contributed by atoms with Crippen LogP contribution in [0.25, 0.3) is 81.5 Å². The molecule has 0 spiro atoms. The van der Waals surface area contributed by atoms with Crippen molar-refractivity contribution in [2.75, 3.05) is 0 Å². The van der Waals surface area contributed by atoms with E-state index < -0.39 is 0 Å². The summed E-state index contributed by atoms with van der Waals surface area (Å²) in [7, 11) is 0. The molecule has 53 heavy (non-hydrogen) atoms. The van der Waals surface area contributed by atoms with Crippen molar-refractivity contribution >= 4 is 58.8 Å². The molecule has 0 fully saturated rings. The normalized spacial score (nSPS) is 16.9. The van der Waals surface area contributed by atoms with E-state index in [1.165, 1.54) is 25.6 Å². The monoisotopic (exact) mass is 700 g/mol. The molecule has 2 atom stereocenters. The topological polar surface area (TPSA) is 60.8 Å². The maximum Gasteiger partial charge on any atom is 0.164 e. The highest BCUT2D eigenvalue weighted by atomic mass is 32.1. The summed E-state index contributed by atoms with van der Waals surface area (Å²) in [6.45, 7) is 6.05. The van der Waals surface area contributed by atoms with Crippen LogP contribution >= 0.6 is 11.3 Å². The SMILES string of the molecule is C=CC1=C(/C=C\C)C2C=CC=C(c3nc(-c4ccccc4)nc(-c4ccc5nc(-c6ccccc6)c6ccc7sc8ccccc8c7c6c5c4)n3)C2O1. The van der Waals surface area contributed by atoms with Gasteiger partial charge in [-0.05, 0) is 43.3 Å². The molecule has 3 aromatic heterocycles. The molecule has 1 aliphatic carbocycles. The van der Waals surface area contributed by atoms with Crippen LogP contribution in [0.3, 0.4) is 0 Å². The third kappa shape index (κ3) is 5.13. The van der Waals surface area contributed by atoms with Gasteiger partial charge in [0.25, 0.3) is 0 Å². The highest BCUT2D eigenvalue weighted by molar-refractivity contribution is 7.26.